The zero-order valence-corrected chi connectivity index (χ0v) is 14.4. The predicted molar refractivity (Wildman–Crippen MR) is 92.5 cm³/mol. The van der Waals surface area contributed by atoms with Crippen molar-refractivity contribution in [3.8, 4) is 0 Å². The third kappa shape index (κ3) is 6.91. The third-order valence-corrected chi connectivity index (χ3v) is 3.01. The predicted octanol–water partition coefficient (Wildman–Crippen LogP) is 2.62. The van der Waals surface area contributed by atoms with Crippen LogP contribution in [0, 0.1) is 6.92 Å². The van der Waals surface area contributed by atoms with Crippen LogP contribution in [0.15, 0.2) is 18.2 Å². The fraction of sp³-hybridized carbons (Fsp3) is 0.500. The van der Waals surface area contributed by atoms with Crippen LogP contribution in [0.3, 0.4) is 0 Å². The van der Waals surface area contributed by atoms with E-state index >= 15 is 0 Å². The zero-order valence-electron chi connectivity index (χ0n) is 13.6. The van der Waals surface area contributed by atoms with E-state index < -0.39 is 0 Å². The second-order valence-corrected chi connectivity index (χ2v) is 5.72. The van der Waals surface area contributed by atoms with E-state index in [-0.39, 0.29) is 36.3 Å². The normalized spacial score (nSPS) is 11.5. The summed E-state index contributed by atoms with van der Waals surface area (Å²) in [6, 6.07) is 5.36. The lowest BCUT2D eigenvalue weighted by molar-refractivity contribution is -0.116. The summed E-state index contributed by atoms with van der Waals surface area (Å²) in [4.78, 5) is 23.7. The van der Waals surface area contributed by atoms with Crippen LogP contribution < -0.4 is 16.4 Å². The molecule has 0 aliphatic carbocycles. The fourth-order valence-corrected chi connectivity index (χ4v) is 1.86. The number of hydrogen-bond donors (Lipinski definition) is 3. The quantitative estimate of drug-likeness (QED) is 0.751. The molecular weight excluding hydrogens is 302 g/mol. The molecule has 2 amide bonds. The van der Waals surface area contributed by atoms with Crippen LogP contribution in [0.1, 0.15) is 49.5 Å². The Morgan fingerprint density at radius 3 is 2.36 bits per heavy atom. The molecule has 22 heavy (non-hydrogen) atoms. The summed E-state index contributed by atoms with van der Waals surface area (Å²) in [7, 11) is 0. The topological polar surface area (TPSA) is 84.2 Å². The van der Waals surface area contributed by atoms with Crippen molar-refractivity contribution in [1.82, 2.24) is 5.32 Å². The van der Waals surface area contributed by atoms with E-state index in [9.17, 15) is 9.59 Å². The van der Waals surface area contributed by atoms with Gasteiger partial charge in [-0.2, -0.15) is 0 Å². The van der Waals surface area contributed by atoms with Gasteiger partial charge in [-0.3, -0.25) is 9.59 Å². The van der Waals surface area contributed by atoms with Gasteiger partial charge < -0.3 is 16.4 Å². The standard InChI is InChI=1S/C16H25N3O2.ClH/c1-10(2)18-16(21)13-6-7-14(11(3)9-13)19-15(20)8-5-12(4)17;/h6-7,9-10,12H,5,8,17H2,1-4H3,(H,18,21)(H,19,20);1H. The van der Waals surface area contributed by atoms with Crippen LogP contribution in [-0.2, 0) is 4.79 Å². The number of anilines is 1. The van der Waals surface area contributed by atoms with Gasteiger partial charge in [0.1, 0.15) is 0 Å². The number of carbonyl (C=O) groups is 2. The lowest BCUT2D eigenvalue weighted by Crippen LogP contribution is -2.30. The highest BCUT2D eigenvalue weighted by Crippen LogP contribution is 2.17. The largest absolute Gasteiger partial charge is 0.350 e. The molecule has 5 nitrogen and oxygen atoms in total. The van der Waals surface area contributed by atoms with Crippen LogP contribution in [0.25, 0.3) is 0 Å². The number of hydrogen-bond acceptors (Lipinski definition) is 3. The summed E-state index contributed by atoms with van der Waals surface area (Å²) in [5.74, 6) is -0.169. The van der Waals surface area contributed by atoms with Gasteiger partial charge >= 0.3 is 0 Å². The van der Waals surface area contributed by atoms with Crippen molar-refractivity contribution in [2.45, 2.75) is 52.6 Å². The van der Waals surface area contributed by atoms with E-state index in [1.54, 1.807) is 18.2 Å². The summed E-state index contributed by atoms with van der Waals surface area (Å²) >= 11 is 0. The molecule has 0 fully saturated rings. The number of amides is 2. The summed E-state index contributed by atoms with van der Waals surface area (Å²) in [5, 5.41) is 5.69. The molecule has 1 rings (SSSR count). The van der Waals surface area contributed by atoms with Crippen molar-refractivity contribution in [2.75, 3.05) is 5.32 Å². The molecule has 0 aliphatic rings. The monoisotopic (exact) mass is 327 g/mol. The van der Waals surface area contributed by atoms with Crippen molar-refractivity contribution in [2.24, 2.45) is 5.73 Å². The smallest absolute Gasteiger partial charge is 0.251 e. The van der Waals surface area contributed by atoms with E-state index in [2.05, 4.69) is 10.6 Å². The van der Waals surface area contributed by atoms with Gasteiger partial charge in [-0.05, 0) is 57.9 Å². The molecule has 1 unspecified atom stereocenters. The molecule has 1 aromatic carbocycles. The molecule has 0 spiro atoms. The van der Waals surface area contributed by atoms with Gasteiger partial charge in [-0.1, -0.05) is 0 Å². The maximum absolute atomic E-state index is 11.9. The number of nitrogens with one attached hydrogen (secondary N) is 2. The first kappa shape index (κ1) is 20.4. The summed E-state index contributed by atoms with van der Waals surface area (Å²) < 4.78 is 0. The minimum atomic E-state index is -0.108. The van der Waals surface area contributed by atoms with Gasteiger partial charge in [0.2, 0.25) is 5.91 Å². The SMILES string of the molecule is Cc1cc(C(=O)NC(C)C)ccc1NC(=O)CCC(C)N.Cl. The van der Waals surface area contributed by atoms with Crippen LogP contribution in [-0.4, -0.2) is 23.9 Å². The zero-order chi connectivity index (χ0) is 16.0. The highest BCUT2D eigenvalue weighted by atomic mass is 35.5. The lowest BCUT2D eigenvalue weighted by Gasteiger charge is -2.12. The highest BCUT2D eigenvalue weighted by molar-refractivity contribution is 5.96. The molecule has 0 aromatic heterocycles. The Bertz CT molecular complexity index is 516. The van der Waals surface area contributed by atoms with Gasteiger partial charge in [-0.15, -0.1) is 12.4 Å². The van der Waals surface area contributed by atoms with E-state index in [1.807, 2.05) is 27.7 Å². The van der Waals surface area contributed by atoms with Crippen LogP contribution in [0.2, 0.25) is 0 Å². The lowest BCUT2D eigenvalue weighted by atomic mass is 10.1. The minimum Gasteiger partial charge on any atom is -0.350 e. The van der Waals surface area contributed by atoms with Gasteiger partial charge in [0.15, 0.2) is 0 Å². The first-order valence-electron chi connectivity index (χ1n) is 7.26. The summed E-state index contributed by atoms with van der Waals surface area (Å²) in [6.07, 6.45) is 1.05. The molecule has 6 heteroatoms. The van der Waals surface area contributed by atoms with Gasteiger partial charge in [0, 0.05) is 29.8 Å². The number of rotatable bonds is 6. The first-order chi connectivity index (χ1) is 9.79. The molecule has 4 N–H and O–H groups in total. The van der Waals surface area contributed by atoms with E-state index in [4.69, 9.17) is 5.73 Å². The van der Waals surface area contributed by atoms with E-state index in [1.165, 1.54) is 0 Å². The molecule has 0 aliphatic heterocycles. The Hall–Kier alpha value is -1.59. The Labute approximate surface area is 138 Å². The Kier molecular flexibility index (Phi) is 8.75. The van der Waals surface area contributed by atoms with Crippen molar-refractivity contribution in [1.29, 1.82) is 0 Å². The maximum Gasteiger partial charge on any atom is 0.251 e. The summed E-state index contributed by atoms with van der Waals surface area (Å²) in [6.45, 7) is 7.57. The third-order valence-electron chi connectivity index (χ3n) is 3.01. The van der Waals surface area contributed by atoms with Gasteiger partial charge in [0.25, 0.3) is 5.91 Å². The summed E-state index contributed by atoms with van der Waals surface area (Å²) in [5.41, 5.74) is 7.81. The average Bonchev–Trinajstić information content (AvgIpc) is 2.38. The van der Waals surface area contributed by atoms with E-state index in [0.29, 0.717) is 18.4 Å². The molecular formula is C16H26ClN3O2. The molecule has 0 bridgehead atoms. The van der Waals surface area contributed by atoms with Crippen LogP contribution in [0.5, 0.6) is 0 Å². The van der Waals surface area contributed by atoms with Gasteiger partial charge in [-0.25, -0.2) is 0 Å². The first-order valence-corrected chi connectivity index (χ1v) is 7.26. The fourth-order valence-electron chi connectivity index (χ4n) is 1.86. The number of nitrogens with two attached hydrogens (primary N) is 1. The Morgan fingerprint density at radius 1 is 1.23 bits per heavy atom. The number of carbonyl (C=O) groups excluding carboxylic acids is 2. The minimum absolute atomic E-state index is 0. The molecule has 0 heterocycles. The number of halogens is 1. The molecule has 0 saturated heterocycles. The molecule has 124 valence electrons. The number of aryl methyl sites for hydroxylation is 1. The second kappa shape index (κ2) is 9.43. The molecule has 0 radical (unpaired) electrons. The van der Waals surface area contributed by atoms with Crippen molar-refractivity contribution >= 4 is 29.9 Å². The highest BCUT2D eigenvalue weighted by Gasteiger charge is 2.10. The van der Waals surface area contributed by atoms with Crippen molar-refractivity contribution < 1.29 is 9.59 Å². The van der Waals surface area contributed by atoms with Crippen molar-refractivity contribution in [3.63, 3.8) is 0 Å². The number of benzene rings is 1. The average molecular weight is 328 g/mol. The Morgan fingerprint density at radius 2 is 1.86 bits per heavy atom. The Balaban J connectivity index is 0.00000441. The van der Waals surface area contributed by atoms with Gasteiger partial charge in [0.05, 0.1) is 0 Å². The van der Waals surface area contributed by atoms with Crippen LogP contribution in [0.4, 0.5) is 5.69 Å². The molecule has 1 aromatic rings. The molecule has 0 saturated carbocycles. The molecule has 1 atom stereocenters. The second-order valence-electron chi connectivity index (χ2n) is 5.72. The van der Waals surface area contributed by atoms with E-state index in [0.717, 1.165) is 11.3 Å². The van der Waals surface area contributed by atoms with Crippen molar-refractivity contribution in [3.05, 3.63) is 29.3 Å². The van der Waals surface area contributed by atoms with Crippen LogP contribution >= 0.6 is 12.4 Å². The maximum atomic E-state index is 11.9.